The van der Waals surface area contributed by atoms with Gasteiger partial charge in [-0.1, -0.05) is 0 Å². The molecule has 0 amide bonds. The summed E-state index contributed by atoms with van der Waals surface area (Å²) in [6.07, 6.45) is 0.348. The van der Waals surface area contributed by atoms with Crippen molar-refractivity contribution in [3.8, 4) is 0 Å². The Kier molecular flexibility index (Phi) is 2.03. The van der Waals surface area contributed by atoms with Crippen LogP contribution < -0.4 is 0 Å². The molecule has 0 radical (unpaired) electrons. The van der Waals surface area contributed by atoms with Crippen molar-refractivity contribution in [1.29, 1.82) is 0 Å². The predicted molar refractivity (Wildman–Crippen MR) is 42.3 cm³/mol. The van der Waals surface area contributed by atoms with E-state index in [0.29, 0.717) is 6.42 Å². The van der Waals surface area contributed by atoms with Crippen molar-refractivity contribution < 1.29 is 8.81 Å². The van der Waals surface area contributed by atoms with Gasteiger partial charge in [0.15, 0.2) is 0 Å². The van der Waals surface area contributed by atoms with Gasteiger partial charge in [-0.25, -0.2) is 4.39 Å². The van der Waals surface area contributed by atoms with Crippen molar-refractivity contribution in [2.24, 2.45) is 0 Å². The van der Waals surface area contributed by atoms with Gasteiger partial charge in [-0.3, -0.25) is 0 Å². The van der Waals surface area contributed by atoms with Crippen molar-refractivity contribution in [2.45, 2.75) is 32.9 Å². The summed E-state index contributed by atoms with van der Waals surface area (Å²) in [5.41, 5.74) is -1.18. The minimum atomic E-state index is -1.18. The quantitative estimate of drug-likeness (QED) is 0.641. The molecule has 11 heavy (non-hydrogen) atoms. The number of hydrogen-bond donors (Lipinski definition) is 0. The van der Waals surface area contributed by atoms with E-state index in [4.69, 9.17) is 4.42 Å². The van der Waals surface area contributed by atoms with Crippen LogP contribution in [0.15, 0.2) is 16.5 Å². The van der Waals surface area contributed by atoms with Gasteiger partial charge < -0.3 is 4.42 Å². The Labute approximate surface area is 66.2 Å². The maximum Gasteiger partial charge on any atom is 0.112 e. The van der Waals surface area contributed by atoms with Crippen LogP contribution in [0.2, 0.25) is 0 Å². The standard InChI is InChI=1S/C9H13FO/c1-7-4-5-8(11-7)6-9(2,3)10/h4-5H,6H2,1-3H3. The Balaban J connectivity index is 2.65. The Bertz CT molecular complexity index is 232. The second-order valence-corrected chi connectivity index (χ2v) is 3.41. The lowest BCUT2D eigenvalue weighted by atomic mass is 10.1. The molecule has 1 nitrogen and oxygen atoms in total. The smallest absolute Gasteiger partial charge is 0.112 e. The molecule has 0 atom stereocenters. The maximum absolute atomic E-state index is 13.0. The van der Waals surface area contributed by atoms with Crippen LogP contribution in [0.1, 0.15) is 25.4 Å². The van der Waals surface area contributed by atoms with E-state index in [1.165, 1.54) is 0 Å². The van der Waals surface area contributed by atoms with Crippen LogP contribution in [0.4, 0.5) is 4.39 Å². The zero-order chi connectivity index (χ0) is 8.48. The third-order valence-corrected chi connectivity index (χ3v) is 1.39. The number of rotatable bonds is 2. The maximum atomic E-state index is 13.0. The van der Waals surface area contributed by atoms with Gasteiger partial charge in [0.25, 0.3) is 0 Å². The van der Waals surface area contributed by atoms with Gasteiger partial charge >= 0.3 is 0 Å². The Morgan fingerprint density at radius 1 is 1.45 bits per heavy atom. The summed E-state index contributed by atoms with van der Waals surface area (Å²) in [6, 6.07) is 3.66. The first-order valence-electron chi connectivity index (χ1n) is 3.72. The second-order valence-electron chi connectivity index (χ2n) is 3.41. The van der Waals surface area contributed by atoms with E-state index >= 15 is 0 Å². The summed E-state index contributed by atoms with van der Waals surface area (Å²) < 4.78 is 18.2. The van der Waals surface area contributed by atoms with E-state index in [-0.39, 0.29) is 0 Å². The zero-order valence-electron chi connectivity index (χ0n) is 7.15. The van der Waals surface area contributed by atoms with Gasteiger partial charge in [0.05, 0.1) is 0 Å². The summed E-state index contributed by atoms with van der Waals surface area (Å²) in [5, 5.41) is 0. The van der Waals surface area contributed by atoms with Crippen molar-refractivity contribution in [3.63, 3.8) is 0 Å². The van der Waals surface area contributed by atoms with Crippen molar-refractivity contribution in [2.75, 3.05) is 0 Å². The molecular formula is C9H13FO. The summed E-state index contributed by atoms with van der Waals surface area (Å²) in [5.74, 6) is 1.55. The van der Waals surface area contributed by atoms with Gasteiger partial charge in [-0.2, -0.15) is 0 Å². The highest BCUT2D eigenvalue weighted by atomic mass is 19.1. The molecule has 0 unspecified atom stereocenters. The average Bonchev–Trinajstić information content (AvgIpc) is 2.10. The fourth-order valence-electron chi connectivity index (χ4n) is 0.994. The first-order valence-corrected chi connectivity index (χ1v) is 3.72. The molecule has 1 aromatic rings. The van der Waals surface area contributed by atoms with Gasteiger partial charge in [0.2, 0.25) is 0 Å². The summed E-state index contributed by atoms with van der Waals surface area (Å²) in [7, 11) is 0. The summed E-state index contributed by atoms with van der Waals surface area (Å²) in [4.78, 5) is 0. The lowest BCUT2D eigenvalue weighted by molar-refractivity contribution is 0.204. The number of halogens is 1. The molecule has 62 valence electrons. The molecule has 0 N–H and O–H groups in total. The fraction of sp³-hybridized carbons (Fsp3) is 0.556. The van der Waals surface area contributed by atoms with Crippen LogP contribution in [-0.4, -0.2) is 5.67 Å². The van der Waals surface area contributed by atoms with Crippen LogP contribution in [0, 0.1) is 6.92 Å². The number of alkyl halides is 1. The molecule has 1 heterocycles. The molecule has 0 saturated heterocycles. The third kappa shape index (κ3) is 2.74. The molecule has 0 bridgehead atoms. The molecular weight excluding hydrogens is 143 g/mol. The third-order valence-electron chi connectivity index (χ3n) is 1.39. The molecule has 0 aliphatic rings. The van der Waals surface area contributed by atoms with Crippen LogP contribution in [-0.2, 0) is 6.42 Å². The summed E-state index contributed by atoms with van der Waals surface area (Å²) >= 11 is 0. The average molecular weight is 156 g/mol. The van der Waals surface area contributed by atoms with E-state index in [0.717, 1.165) is 11.5 Å². The van der Waals surface area contributed by atoms with Crippen molar-refractivity contribution in [3.05, 3.63) is 23.7 Å². The van der Waals surface area contributed by atoms with Crippen molar-refractivity contribution >= 4 is 0 Å². The largest absolute Gasteiger partial charge is 0.466 e. The molecule has 0 fully saturated rings. The van der Waals surface area contributed by atoms with Gasteiger partial charge in [-0.15, -0.1) is 0 Å². The van der Waals surface area contributed by atoms with Crippen LogP contribution in [0.5, 0.6) is 0 Å². The van der Waals surface area contributed by atoms with Crippen LogP contribution in [0.3, 0.4) is 0 Å². The van der Waals surface area contributed by atoms with E-state index in [9.17, 15) is 4.39 Å². The molecule has 1 rings (SSSR count). The van der Waals surface area contributed by atoms with Gasteiger partial charge in [0.1, 0.15) is 17.2 Å². The normalized spacial score (nSPS) is 12.0. The minimum absolute atomic E-state index is 0.348. The van der Waals surface area contributed by atoms with E-state index in [1.807, 2.05) is 19.1 Å². The SMILES string of the molecule is Cc1ccc(CC(C)(C)F)o1. The Hall–Kier alpha value is -0.790. The topological polar surface area (TPSA) is 13.1 Å². The summed E-state index contributed by atoms with van der Waals surface area (Å²) in [6.45, 7) is 4.95. The lowest BCUT2D eigenvalue weighted by Gasteiger charge is -2.10. The molecule has 0 aromatic carbocycles. The number of hydrogen-bond acceptors (Lipinski definition) is 1. The molecule has 0 spiro atoms. The lowest BCUT2D eigenvalue weighted by Crippen LogP contribution is -2.14. The van der Waals surface area contributed by atoms with E-state index < -0.39 is 5.67 Å². The highest BCUT2D eigenvalue weighted by molar-refractivity contribution is 5.07. The molecule has 0 aliphatic heterocycles. The number of aryl methyl sites for hydroxylation is 1. The monoisotopic (exact) mass is 156 g/mol. The highest BCUT2D eigenvalue weighted by Gasteiger charge is 2.17. The number of furan rings is 1. The van der Waals surface area contributed by atoms with Gasteiger partial charge in [-0.05, 0) is 32.9 Å². The second kappa shape index (κ2) is 2.68. The molecule has 0 saturated carbocycles. The first-order chi connectivity index (χ1) is 4.97. The Morgan fingerprint density at radius 2 is 2.09 bits per heavy atom. The van der Waals surface area contributed by atoms with E-state index in [1.54, 1.807) is 13.8 Å². The van der Waals surface area contributed by atoms with Crippen molar-refractivity contribution in [1.82, 2.24) is 0 Å². The molecule has 2 heteroatoms. The predicted octanol–water partition coefficient (Wildman–Crippen LogP) is 2.88. The van der Waals surface area contributed by atoms with Crippen LogP contribution >= 0.6 is 0 Å². The van der Waals surface area contributed by atoms with Crippen LogP contribution in [0.25, 0.3) is 0 Å². The first kappa shape index (κ1) is 8.31. The molecule has 0 aliphatic carbocycles. The Morgan fingerprint density at radius 3 is 2.45 bits per heavy atom. The minimum Gasteiger partial charge on any atom is -0.466 e. The fourth-order valence-corrected chi connectivity index (χ4v) is 0.994. The molecule has 1 aromatic heterocycles. The van der Waals surface area contributed by atoms with Gasteiger partial charge in [0, 0.05) is 6.42 Å². The zero-order valence-corrected chi connectivity index (χ0v) is 7.15. The van der Waals surface area contributed by atoms with E-state index in [2.05, 4.69) is 0 Å². The highest BCUT2D eigenvalue weighted by Crippen LogP contribution is 2.17.